The normalized spacial score (nSPS) is 21.4. The second-order valence-corrected chi connectivity index (χ2v) is 10.1. The maximum absolute atomic E-state index is 13.8. The molecule has 1 saturated carbocycles. The third-order valence-electron chi connectivity index (χ3n) is 7.15. The van der Waals surface area contributed by atoms with Crippen molar-refractivity contribution in [3.05, 3.63) is 65.2 Å². The van der Waals surface area contributed by atoms with Gasteiger partial charge >= 0.3 is 0 Å². The first-order valence-electron chi connectivity index (χ1n) is 11.3. The van der Waals surface area contributed by atoms with Gasteiger partial charge in [0.2, 0.25) is 5.91 Å². The van der Waals surface area contributed by atoms with Gasteiger partial charge in [0.25, 0.3) is 5.91 Å². The topological polar surface area (TPSA) is 49.4 Å². The first kappa shape index (κ1) is 23.1. The van der Waals surface area contributed by atoms with Crippen LogP contribution in [0.5, 0.6) is 0 Å². The van der Waals surface area contributed by atoms with Crippen LogP contribution in [0.3, 0.4) is 0 Å². The molecule has 0 aliphatic heterocycles. The molecular formula is C27H36N2O2. The Morgan fingerprint density at radius 2 is 1.48 bits per heavy atom. The first-order valence-corrected chi connectivity index (χ1v) is 11.3. The number of rotatable bonds is 4. The summed E-state index contributed by atoms with van der Waals surface area (Å²) in [7, 11) is 1.79. The Kier molecular flexibility index (Phi) is 6.59. The van der Waals surface area contributed by atoms with Crippen LogP contribution in [0, 0.1) is 25.2 Å². The van der Waals surface area contributed by atoms with Crippen LogP contribution in [0.4, 0.5) is 5.69 Å². The Morgan fingerprint density at radius 3 is 2.00 bits per heavy atom. The molecule has 1 aliphatic rings. The van der Waals surface area contributed by atoms with Crippen molar-refractivity contribution in [2.45, 2.75) is 65.8 Å². The van der Waals surface area contributed by atoms with Crippen molar-refractivity contribution in [1.29, 1.82) is 0 Å². The predicted octanol–water partition coefficient (Wildman–Crippen LogP) is 5.99. The fourth-order valence-corrected chi connectivity index (χ4v) is 4.89. The molecule has 1 aliphatic carbocycles. The van der Waals surface area contributed by atoms with Crippen LogP contribution in [0.25, 0.3) is 0 Å². The number of nitrogens with one attached hydrogen (secondary N) is 1. The largest absolute Gasteiger partial charge is 0.327 e. The Hall–Kier alpha value is -2.62. The second-order valence-electron chi connectivity index (χ2n) is 10.1. The molecule has 4 heteroatoms. The molecule has 0 bridgehead atoms. The average Bonchev–Trinajstić information content (AvgIpc) is 2.75. The highest BCUT2D eigenvalue weighted by atomic mass is 16.2. The number of benzene rings is 2. The van der Waals surface area contributed by atoms with E-state index in [-0.39, 0.29) is 17.2 Å². The van der Waals surface area contributed by atoms with E-state index < -0.39 is 5.54 Å². The Morgan fingerprint density at radius 1 is 0.935 bits per heavy atom. The molecule has 0 heterocycles. The summed E-state index contributed by atoms with van der Waals surface area (Å²) >= 11 is 0. The average molecular weight is 421 g/mol. The minimum atomic E-state index is -0.858. The van der Waals surface area contributed by atoms with Crippen LogP contribution < -0.4 is 5.32 Å². The number of nitrogens with zero attached hydrogens (tertiary/aromatic N) is 1. The highest BCUT2D eigenvalue weighted by molar-refractivity contribution is 6.04. The Labute approximate surface area is 187 Å². The number of hydrogen-bond acceptors (Lipinski definition) is 2. The second kappa shape index (κ2) is 8.86. The number of aryl methyl sites for hydroxylation is 2. The van der Waals surface area contributed by atoms with E-state index in [9.17, 15) is 9.59 Å². The molecule has 166 valence electrons. The zero-order chi connectivity index (χ0) is 22.8. The predicted molar refractivity (Wildman–Crippen MR) is 127 cm³/mol. The summed E-state index contributed by atoms with van der Waals surface area (Å²) < 4.78 is 0. The molecule has 2 aromatic carbocycles. The number of hydrogen-bond donors (Lipinski definition) is 1. The molecule has 0 saturated heterocycles. The maximum Gasteiger partial charge on any atom is 0.254 e. The third-order valence-corrected chi connectivity index (χ3v) is 7.15. The fourth-order valence-electron chi connectivity index (χ4n) is 4.89. The van der Waals surface area contributed by atoms with Gasteiger partial charge in [-0.05, 0) is 74.1 Å². The zero-order valence-electron chi connectivity index (χ0n) is 19.8. The molecule has 1 fully saturated rings. The van der Waals surface area contributed by atoms with Crippen molar-refractivity contribution >= 4 is 17.5 Å². The van der Waals surface area contributed by atoms with Crippen molar-refractivity contribution in [3.8, 4) is 0 Å². The summed E-state index contributed by atoms with van der Waals surface area (Å²) in [5.41, 5.74) is 2.86. The molecular weight excluding hydrogens is 384 g/mol. The number of carbonyl (C=O) groups excluding carboxylic acids is 2. The van der Waals surface area contributed by atoms with Crippen LogP contribution in [0.1, 0.15) is 67.9 Å². The maximum atomic E-state index is 13.8. The van der Waals surface area contributed by atoms with Gasteiger partial charge in [-0.25, -0.2) is 0 Å². The van der Waals surface area contributed by atoms with Crippen LogP contribution in [0.2, 0.25) is 0 Å². The third kappa shape index (κ3) is 4.68. The van der Waals surface area contributed by atoms with Crippen LogP contribution in [0.15, 0.2) is 48.5 Å². The molecule has 2 aromatic rings. The van der Waals surface area contributed by atoms with Crippen LogP contribution in [-0.2, 0) is 4.79 Å². The molecule has 2 amide bonds. The van der Waals surface area contributed by atoms with Gasteiger partial charge in [0, 0.05) is 18.3 Å². The number of amides is 2. The highest BCUT2D eigenvalue weighted by Crippen LogP contribution is 2.44. The van der Waals surface area contributed by atoms with Gasteiger partial charge in [0.15, 0.2) is 0 Å². The van der Waals surface area contributed by atoms with Crippen molar-refractivity contribution < 1.29 is 9.59 Å². The van der Waals surface area contributed by atoms with E-state index in [0.717, 1.165) is 29.7 Å². The van der Waals surface area contributed by atoms with Crippen molar-refractivity contribution in [2.24, 2.45) is 11.3 Å². The molecule has 0 radical (unpaired) electrons. The molecule has 0 atom stereocenters. The molecule has 4 nitrogen and oxygen atoms in total. The lowest BCUT2D eigenvalue weighted by molar-refractivity contribution is -0.129. The monoisotopic (exact) mass is 420 g/mol. The summed E-state index contributed by atoms with van der Waals surface area (Å²) in [6.45, 7) is 10.8. The van der Waals surface area contributed by atoms with Crippen LogP contribution in [-0.4, -0.2) is 29.3 Å². The van der Waals surface area contributed by atoms with Crippen LogP contribution >= 0.6 is 0 Å². The summed E-state index contributed by atoms with van der Waals surface area (Å²) in [6.07, 6.45) is 3.19. The van der Waals surface area contributed by atoms with Gasteiger partial charge in [0.1, 0.15) is 5.54 Å². The van der Waals surface area contributed by atoms with Gasteiger partial charge in [0.05, 0.1) is 0 Å². The standard InChI is InChI=1S/C27H36N2O2/c1-19-11-10-12-20(2)23(19)28-25(31)27(17-15-22(16-18-27)26(3,4)5)29(6)24(30)21-13-8-7-9-14-21/h7-14,22H,15-18H2,1-6H3,(H,28,31). The quantitative estimate of drug-likeness (QED) is 0.660. The minimum Gasteiger partial charge on any atom is -0.327 e. The number of carbonyl (C=O) groups is 2. The number of likely N-dealkylation sites (N-methyl/N-ethyl adjacent to an activating group) is 1. The number of anilines is 1. The van der Waals surface area contributed by atoms with E-state index in [1.807, 2.05) is 62.4 Å². The van der Waals surface area contributed by atoms with E-state index in [1.54, 1.807) is 11.9 Å². The van der Waals surface area contributed by atoms with Gasteiger partial charge < -0.3 is 10.2 Å². The highest BCUT2D eigenvalue weighted by Gasteiger charge is 2.48. The first-order chi connectivity index (χ1) is 14.6. The Bertz CT molecular complexity index is 915. The fraction of sp³-hybridized carbons (Fsp3) is 0.481. The van der Waals surface area contributed by atoms with E-state index in [0.29, 0.717) is 24.3 Å². The molecule has 0 aromatic heterocycles. The molecule has 0 unspecified atom stereocenters. The van der Waals surface area contributed by atoms with Gasteiger partial charge in [-0.1, -0.05) is 57.2 Å². The van der Waals surface area contributed by atoms with E-state index in [1.165, 1.54) is 0 Å². The SMILES string of the molecule is Cc1cccc(C)c1NC(=O)C1(N(C)C(=O)c2ccccc2)CCC(C(C)(C)C)CC1. The summed E-state index contributed by atoms with van der Waals surface area (Å²) in [5.74, 6) is 0.351. The summed E-state index contributed by atoms with van der Waals surface area (Å²) in [5, 5.41) is 3.20. The summed E-state index contributed by atoms with van der Waals surface area (Å²) in [6, 6.07) is 15.3. The van der Waals surface area contributed by atoms with Gasteiger partial charge in [-0.3, -0.25) is 9.59 Å². The lowest BCUT2D eigenvalue weighted by atomic mass is 9.66. The van der Waals surface area contributed by atoms with Crippen molar-refractivity contribution in [3.63, 3.8) is 0 Å². The van der Waals surface area contributed by atoms with Gasteiger partial charge in [-0.15, -0.1) is 0 Å². The molecule has 31 heavy (non-hydrogen) atoms. The Balaban J connectivity index is 1.95. The van der Waals surface area contributed by atoms with Gasteiger partial charge in [-0.2, -0.15) is 0 Å². The van der Waals surface area contributed by atoms with Crippen molar-refractivity contribution in [2.75, 3.05) is 12.4 Å². The molecule has 3 rings (SSSR count). The van der Waals surface area contributed by atoms with E-state index in [4.69, 9.17) is 0 Å². The zero-order valence-corrected chi connectivity index (χ0v) is 19.8. The van der Waals surface area contributed by atoms with Crippen molar-refractivity contribution in [1.82, 2.24) is 4.90 Å². The molecule has 1 N–H and O–H groups in total. The lowest BCUT2D eigenvalue weighted by Crippen LogP contribution is -2.59. The molecule has 0 spiro atoms. The smallest absolute Gasteiger partial charge is 0.254 e. The lowest BCUT2D eigenvalue weighted by Gasteiger charge is -2.47. The van der Waals surface area contributed by atoms with E-state index in [2.05, 4.69) is 26.1 Å². The minimum absolute atomic E-state index is 0.0796. The summed E-state index contributed by atoms with van der Waals surface area (Å²) in [4.78, 5) is 28.9. The van der Waals surface area contributed by atoms with E-state index >= 15 is 0 Å². The number of para-hydroxylation sites is 1.